The first-order valence-electron chi connectivity index (χ1n) is 9.71. The largest absolute Gasteiger partial charge is 0.493 e. The van der Waals surface area contributed by atoms with Crippen molar-refractivity contribution >= 4 is 39.7 Å². The summed E-state index contributed by atoms with van der Waals surface area (Å²) in [5, 5.41) is 0. The van der Waals surface area contributed by atoms with Gasteiger partial charge >= 0.3 is 5.97 Å². The maximum absolute atomic E-state index is 12.3. The van der Waals surface area contributed by atoms with Crippen LogP contribution < -0.4 is 9.47 Å². The number of carbonyl (C=O) groups excluding carboxylic acids is 2. The van der Waals surface area contributed by atoms with Crippen molar-refractivity contribution in [1.82, 2.24) is 0 Å². The van der Waals surface area contributed by atoms with Crippen molar-refractivity contribution in [2.75, 3.05) is 13.7 Å². The maximum Gasteiger partial charge on any atom is 0.363 e. The average Bonchev–Trinajstić information content (AvgIpc) is 3.18. The molecule has 0 aliphatic carbocycles. The zero-order chi connectivity index (χ0) is 22.5. The summed E-state index contributed by atoms with van der Waals surface area (Å²) in [6.45, 7) is -0.118. The van der Waals surface area contributed by atoms with Crippen LogP contribution in [0.25, 0.3) is 6.08 Å². The highest BCUT2D eigenvalue weighted by Crippen LogP contribution is 2.30. The molecule has 1 heterocycles. The molecular weight excluding hydrogens is 474 g/mol. The number of hydrogen-bond acceptors (Lipinski definition) is 6. The van der Waals surface area contributed by atoms with E-state index in [0.717, 1.165) is 4.47 Å². The zero-order valence-electron chi connectivity index (χ0n) is 17.1. The van der Waals surface area contributed by atoms with Gasteiger partial charge in [0.1, 0.15) is 0 Å². The maximum atomic E-state index is 12.3. The number of ketones is 1. The highest BCUT2D eigenvalue weighted by atomic mass is 79.9. The van der Waals surface area contributed by atoms with Crippen LogP contribution in [0.4, 0.5) is 0 Å². The van der Waals surface area contributed by atoms with E-state index >= 15 is 0 Å². The second-order valence-electron chi connectivity index (χ2n) is 6.80. The lowest BCUT2D eigenvalue weighted by atomic mass is 10.1. The van der Waals surface area contributed by atoms with Gasteiger partial charge in [-0.1, -0.05) is 48.5 Å². The summed E-state index contributed by atoms with van der Waals surface area (Å²) in [5.74, 6) is 0.414. The molecule has 0 amide bonds. The van der Waals surface area contributed by atoms with Gasteiger partial charge in [-0.05, 0) is 51.8 Å². The predicted octanol–water partition coefficient (Wildman–Crippen LogP) is 5.06. The van der Waals surface area contributed by atoms with Crippen LogP contribution in [-0.2, 0) is 9.53 Å². The molecule has 0 unspecified atom stereocenters. The lowest BCUT2D eigenvalue weighted by Gasteiger charge is -2.11. The van der Waals surface area contributed by atoms with Crippen molar-refractivity contribution in [3.63, 3.8) is 0 Å². The smallest absolute Gasteiger partial charge is 0.363 e. The van der Waals surface area contributed by atoms with E-state index < -0.39 is 5.97 Å². The Kier molecular flexibility index (Phi) is 6.47. The van der Waals surface area contributed by atoms with Gasteiger partial charge in [0.2, 0.25) is 5.90 Å². The van der Waals surface area contributed by atoms with Crippen LogP contribution >= 0.6 is 15.9 Å². The molecule has 0 spiro atoms. The van der Waals surface area contributed by atoms with E-state index in [0.29, 0.717) is 28.2 Å². The standard InChI is InChI=1S/C25H18BrNO5/c1-30-23-14-16(11-12-22(23)31-15-21(28)17-7-3-2-4-8-17)13-20-25(29)32-24(27-20)18-9-5-6-10-19(18)26/h2-14H,15H2,1H3/b20-13-. The highest BCUT2D eigenvalue weighted by molar-refractivity contribution is 9.10. The lowest BCUT2D eigenvalue weighted by molar-refractivity contribution is -0.129. The van der Waals surface area contributed by atoms with E-state index in [2.05, 4.69) is 20.9 Å². The van der Waals surface area contributed by atoms with Crippen LogP contribution in [0, 0.1) is 0 Å². The molecule has 7 heteroatoms. The Morgan fingerprint density at radius 1 is 1.03 bits per heavy atom. The summed E-state index contributed by atoms with van der Waals surface area (Å²) < 4.78 is 17.2. The molecule has 0 atom stereocenters. The normalized spacial score (nSPS) is 14.1. The predicted molar refractivity (Wildman–Crippen MR) is 124 cm³/mol. The van der Waals surface area contributed by atoms with E-state index in [9.17, 15) is 9.59 Å². The minimum atomic E-state index is -0.538. The summed E-state index contributed by atoms with van der Waals surface area (Å²) in [7, 11) is 1.51. The minimum Gasteiger partial charge on any atom is -0.493 e. The number of methoxy groups -OCH3 is 1. The molecule has 0 N–H and O–H groups in total. The summed E-state index contributed by atoms with van der Waals surface area (Å²) in [6, 6.07) is 21.4. The number of benzene rings is 3. The number of nitrogens with zero attached hydrogens (tertiary/aromatic N) is 1. The second-order valence-corrected chi connectivity index (χ2v) is 7.66. The molecule has 32 heavy (non-hydrogen) atoms. The molecule has 0 bridgehead atoms. The van der Waals surface area contributed by atoms with Crippen LogP contribution in [0.3, 0.4) is 0 Å². The number of esters is 1. The van der Waals surface area contributed by atoms with Crippen LogP contribution in [0.5, 0.6) is 11.5 Å². The molecule has 160 valence electrons. The molecule has 3 aromatic rings. The van der Waals surface area contributed by atoms with Gasteiger partial charge in [-0.25, -0.2) is 9.79 Å². The molecule has 0 aromatic heterocycles. The quantitative estimate of drug-likeness (QED) is 0.262. The third-order valence-electron chi connectivity index (χ3n) is 4.67. The van der Waals surface area contributed by atoms with Crippen LogP contribution in [0.2, 0.25) is 0 Å². The number of cyclic esters (lactones) is 1. The number of halogens is 1. The van der Waals surface area contributed by atoms with Crippen molar-refractivity contribution in [2.45, 2.75) is 0 Å². The van der Waals surface area contributed by atoms with Gasteiger partial charge in [0.15, 0.2) is 29.6 Å². The zero-order valence-corrected chi connectivity index (χ0v) is 18.7. The summed E-state index contributed by atoms with van der Waals surface area (Å²) in [4.78, 5) is 28.9. The highest BCUT2D eigenvalue weighted by Gasteiger charge is 2.25. The van der Waals surface area contributed by atoms with Crippen LogP contribution in [0.1, 0.15) is 21.5 Å². The van der Waals surface area contributed by atoms with Crippen LogP contribution in [0.15, 0.2) is 88.0 Å². The third kappa shape index (κ3) is 4.78. The Bertz CT molecular complexity index is 1230. The van der Waals surface area contributed by atoms with Gasteiger partial charge in [0.05, 0.1) is 12.7 Å². The fraction of sp³-hybridized carbons (Fsp3) is 0.0800. The van der Waals surface area contributed by atoms with E-state index in [-0.39, 0.29) is 24.0 Å². The molecule has 6 nitrogen and oxygen atoms in total. The van der Waals surface area contributed by atoms with Crippen molar-refractivity contribution in [3.05, 3.63) is 99.7 Å². The van der Waals surface area contributed by atoms with E-state index in [1.165, 1.54) is 7.11 Å². The molecule has 0 saturated heterocycles. The van der Waals surface area contributed by atoms with Gasteiger partial charge in [-0.2, -0.15) is 0 Å². The third-order valence-corrected chi connectivity index (χ3v) is 5.36. The Morgan fingerprint density at radius 3 is 2.53 bits per heavy atom. The Labute approximate surface area is 193 Å². The topological polar surface area (TPSA) is 74.2 Å². The molecule has 4 rings (SSSR count). The number of hydrogen-bond donors (Lipinski definition) is 0. The first kappa shape index (κ1) is 21.5. The summed E-state index contributed by atoms with van der Waals surface area (Å²) >= 11 is 3.43. The minimum absolute atomic E-state index is 0.118. The number of aliphatic imine (C=N–C) groups is 1. The molecular formula is C25H18BrNO5. The van der Waals surface area contributed by atoms with Crippen molar-refractivity contribution in [1.29, 1.82) is 0 Å². The number of ether oxygens (including phenoxy) is 3. The van der Waals surface area contributed by atoms with Gasteiger partial charge in [-0.3, -0.25) is 4.79 Å². The molecule has 0 fully saturated rings. The lowest BCUT2D eigenvalue weighted by Crippen LogP contribution is -2.11. The van der Waals surface area contributed by atoms with E-state index in [4.69, 9.17) is 14.2 Å². The fourth-order valence-electron chi connectivity index (χ4n) is 3.06. The van der Waals surface area contributed by atoms with Crippen molar-refractivity contribution in [3.8, 4) is 11.5 Å². The Morgan fingerprint density at radius 2 is 1.78 bits per heavy atom. The number of rotatable bonds is 7. The molecule has 0 saturated carbocycles. The number of carbonyl (C=O) groups is 2. The van der Waals surface area contributed by atoms with Gasteiger partial charge < -0.3 is 14.2 Å². The molecule has 1 aliphatic heterocycles. The summed E-state index contributed by atoms with van der Waals surface area (Å²) in [6.07, 6.45) is 1.60. The SMILES string of the molecule is COc1cc(/C=C2\N=C(c3ccccc3Br)OC2=O)ccc1OCC(=O)c1ccccc1. The Hall–Kier alpha value is -3.71. The Balaban J connectivity index is 1.52. The van der Waals surface area contributed by atoms with Gasteiger partial charge in [-0.15, -0.1) is 0 Å². The molecule has 1 aliphatic rings. The van der Waals surface area contributed by atoms with Gasteiger partial charge in [0, 0.05) is 10.0 Å². The van der Waals surface area contributed by atoms with Gasteiger partial charge in [0.25, 0.3) is 0 Å². The van der Waals surface area contributed by atoms with E-state index in [1.54, 1.807) is 48.5 Å². The van der Waals surface area contributed by atoms with Crippen molar-refractivity contribution in [2.24, 2.45) is 4.99 Å². The van der Waals surface area contributed by atoms with Crippen LogP contribution in [-0.4, -0.2) is 31.4 Å². The fourth-order valence-corrected chi connectivity index (χ4v) is 3.52. The molecule has 3 aromatic carbocycles. The monoisotopic (exact) mass is 491 g/mol. The number of Topliss-reactive ketones (excluding diaryl/α,β-unsaturated/α-hetero) is 1. The summed E-state index contributed by atoms with van der Waals surface area (Å²) in [5.41, 5.74) is 2.11. The molecule has 0 radical (unpaired) electrons. The average molecular weight is 492 g/mol. The first-order valence-corrected chi connectivity index (χ1v) is 10.5. The van der Waals surface area contributed by atoms with E-state index in [1.807, 2.05) is 30.3 Å². The first-order chi connectivity index (χ1) is 15.5. The second kappa shape index (κ2) is 9.62. The van der Waals surface area contributed by atoms with Crippen molar-refractivity contribution < 1.29 is 23.8 Å².